The number of nitrogens with one attached hydrogen (secondary N) is 1. The number of halogens is 1. The first-order chi connectivity index (χ1) is 23.3. The van der Waals surface area contributed by atoms with Gasteiger partial charge in [0, 0.05) is 23.1 Å². The zero-order valence-electron chi connectivity index (χ0n) is 30.2. The Labute approximate surface area is 294 Å². The summed E-state index contributed by atoms with van der Waals surface area (Å²) in [7, 11) is 0. The zero-order chi connectivity index (χ0) is 35.3. The highest BCUT2D eigenvalue weighted by molar-refractivity contribution is 8.00. The third kappa shape index (κ3) is 8.26. The SMILES string of the molecule is CCC(C)(C)c1ccc(OCCCCNC(=O)C(C)Sc2nnc3c4cc(C)ccc4n(Cc4ccccc4F)c3n2)c(C(C)(C)CC)c1. The van der Waals surface area contributed by atoms with Crippen molar-refractivity contribution < 1.29 is 13.9 Å². The second-order valence-electron chi connectivity index (χ2n) is 14.3. The van der Waals surface area contributed by atoms with Crippen molar-refractivity contribution in [1.29, 1.82) is 0 Å². The molecule has 1 N–H and O–H groups in total. The standard InChI is InChI=1S/C40H50FN5O2S/c1-9-39(5,6)29-18-20-34(31(24-29)40(7,8)10-2)48-22-14-13-21-42-37(47)27(4)49-38-43-36-35(44-45-38)30-23-26(3)17-19-33(30)46(36)25-28-15-11-12-16-32(28)41/h11-12,15-20,23-24,27H,9-10,13-14,21-22,25H2,1-8H3,(H,42,47). The molecule has 49 heavy (non-hydrogen) atoms. The van der Waals surface area contributed by atoms with E-state index in [9.17, 15) is 9.18 Å². The van der Waals surface area contributed by atoms with Gasteiger partial charge in [-0.15, -0.1) is 10.2 Å². The summed E-state index contributed by atoms with van der Waals surface area (Å²) in [6, 6.07) is 19.5. The molecule has 0 aliphatic rings. The van der Waals surface area contributed by atoms with Gasteiger partial charge in [0.1, 0.15) is 17.1 Å². The molecular formula is C40H50FN5O2S. The number of rotatable bonds is 15. The third-order valence-electron chi connectivity index (χ3n) is 9.93. The molecule has 0 saturated carbocycles. The lowest BCUT2D eigenvalue weighted by Crippen LogP contribution is -2.32. The van der Waals surface area contributed by atoms with E-state index in [1.165, 1.54) is 29.0 Å². The fraction of sp³-hybridized carbons (Fsp3) is 0.450. The number of hydrogen-bond donors (Lipinski definition) is 1. The van der Waals surface area contributed by atoms with Crippen LogP contribution in [-0.2, 0) is 22.2 Å². The quantitative estimate of drug-likeness (QED) is 0.0875. The van der Waals surface area contributed by atoms with Crippen molar-refractivity contribution in [2.45, 2.75) is 109 Å². The van der Waals surface area contributed by atoms with E-state index in [2.05, 4.69) is 81.3 Å². The number of thioether (sulfide) groups is 1. The monoisotopic (exact) mass is 683 g/mol. The van der Waals surface area contributed by atoms with Crippen molar-refractivity contribution in [3.8, 4) is 5.75 Å². The van der Waals surface area contributed by atoms with Crippen LogP contribution in [0.3, 0.4) is 0 Å². The minimum atomic E-state index is -0.424. The van der Waals surface area contributed by atoms with Crippen molar-refractivity contribution in [1.82, 2.24) is 25.1 Å². The Morgan fingerprint density at radius 3 is 2.47 bits per heavy atom. The Kier molecular flexibility index (Phi) is 11.3. The predicted molar refractivity (Wildman–Crippen MR) is 199 cm³/mol. The Hall–Kier alpha value is -3.98. The molecule has 3 aromatic carbocycles. The first kappa shape index (κ1) is 36.3. The lowest BCUT2D eigenvalue weighted by atomic mass is 9.76. The molecule has 0 fully saturated rings. The Morgan fingerprint density at radius 2 is 1.73 bits per heavy atom. The molecule has 0 saturated heterocycles. The van der Waals surface area contributed by atoms with Crippen LogP contribution in [0, 0.1) is 12.7 Å². The largest absolute Gasteiger partial charge is 0.493 e. The van der Waals surface area contributed by atoms with Gasteiger partial charge in [-0.1, -0.05) is 95.3 Å². The smallest absolute Gasteiger partial charge is 0.233 e. The van der Waals surface area contributed by atoms with E-state index in [-0.39, 0.29) is 22.6 Å². The van der Waals surface area contributed by atoms with Gasteiger partial charge in [0.15, 0.2) is 5.65 Å². The molecular weight excluding hydrogens is 634 g/mol. The third-order valence-corrected chi connectivity index (χ3v) is 10.9. The predicted octanol–water partition coefficient (Wildman–Crippen LogP) is 9.31. The van der Waals surface area contributed by atoms with E-state index in [0.29, 0.717) is 41.6 Å². The maximum Gasteiger partial charge on any atom is 0.233 e. The molecule has 7 nitrogen and oxygen atoms in total. The van der Waals surface area contributed by atoms with Crippen LogP contribution in [0.5, 0.6) is 5.75 Å². The molecule has 1 amide bonds. The number of aromatic nitrogens is 4. The molecule has 0 radical (unpaired) electrons. The number of amides is 1. The first-order valence-electron chi connectivity index (χ1n) is 17.4. The number of carbonyl (C=O) groups excluding carboxylic acids is 1. The summed E-state index contributed by atoms with van der Waals surface area (Å²) < 4.78 is 22.9. The summed E-state index contributed by atoms with van der Waals surface area (Å²) in [5.41, 5.74) is 6.55. The molecule has 9 heteroatoms. The zero-order valence-corrected chi connectivity index (χ0v) is 31.0. The number of nitrogens with zero attached hydrogens (tertiary/aromatic N) is 4. The lowest BCUT2D eigenvalue weighted by Gasteiger charge is -2.30. The highest BCUT2D eigenvalue weighted by atomic mass is 32.2. The van der Waals surface area contributed by atoms with Crippen LogP contribution < -0.4 is 10.1 Å². The van der Waals surface area contributed by atoms with E-state index >= 15 is 0 Å². The van der Waals surface area contributed by atoms with E-state index in [1.54, 1.807) is 12.1 Å². The minimum absolute atomic E-state index is 0.0101. The molecule has 0 bridgehead atoms. The minimum Gasteiger partial charge on any atom is -0.493 e. The van der Waals surface area contributed by atoms with Crippen LogP contribution in [0.25, 0.3) is 22.1 Å². The second-order valence-corrected chi connectivity index (χ2v) is 15.6. The van der Waals surface area contributed by atoms with Crippen LogP contribution in [0.4, 0.5) is 4.39 Å². The highest BCUT2D eigenvalue weighted by Gasteiger charge is 2.27. The fourth-order valence-corrected chi connectivity index (χ4v) is 6.57. The Bertz CT molecular complexity index is 1940. The van der Waals surface area contributed by atoms with E-state index < -0.39 is 5.25 Å². The number of unbranched alkanes of at least 4 members (excludes halogenated alkanes) is 1. The van der Waals surface area contributed by atoms with Crippen LogP contribution >= 0.6 is 11.8 Å². The summed E-state index contributed by atoms with van der Waals surface area (Å²) in [6.07, 6.45) is 3.72. The topological polar surface area (TPSA) is 81.9 Å². The number of fused-ring (bicyclic) bond motifs is 3. The van der Waals surface area contributed by atoms with Gasteiger partial charge < -0.3 is 14.6 Å². The van der Waals surface area contributed by atoms with Gasteiger partial charge in [0.2, 0.25) is 11.1 Å². The second kappa shape index (κ2) is 15.3. The van der Waals surface area contributed by atoms with Crippen molar-refractivity contribution in [3.05, 3.63) is 88.7 Å². The maximum absolute atomic E-state index is 14.6. The summed E-state index contributed by atoms with van der Waals surface area (Å²) in [5, 5.41) is 12.8. The molecule has 260 valence electrons. The van der Waals surface area contributed by atoms with E-state index in [4.69, 9.17) is 9.72 Å². The molecule has 2 aromatic heterocycles. The van der Waals surface area contributed by atoms with Gasteiger partial charge >= 0.3 is 0 Å². The molecule has 5 aromatic rings. The normalized spacial score (nSPS) is 12.8. The Morgan fingerprint density at radius 1 is 0.980 bits per heavy atom. The van der Waals surface area contributed by atoms with E-state index in [1.807, 2.05) is 36.6 Å². The van der Waals surface area contributed by atoms with Gasteiger partial charge in [-0.2, -0.15) is 0 Å². The number of ether oxygens (including phenoxy) is 1. The number of carbonyl (C=O) groups is 1. The summed E-state index contributed by atoms with van der Waals surface area (Å²) in [4.78, 5) is 17.9. The number of aryl methyl sites for hydroxylation is 1. The average Bonchev–Trinajstić information content (AvgIpc) is 3.38. The number of hydrogen-bond acceptors (Lipinski definition) is 6. The van der Waals surface area contributed by atoms with Crippen LogP contribution in [0.1, 0.15) is 96.4 Å². The molecule has 1 atom stereocenters. The average molecular weight is 684 g/mol. The summed E-state index contributed by atoms with van der Waals surface area (Å²) in [6.45, 7) is 18.9. The van der Waals surface area contributed by atoms with Gasteiger partial charge in [-0.3, -0.25) is 4.79 Å². The molecule has 5 rings (SSSR count). The molecule has 2 heterocycles. The van der Waals surface area contributed by atoms with Crippen LogP contribution in [-0.4, -0.2) is 44.1 Å². The van der Waals surface area contributed by atoms with Crippen LogP contribution in [0.15, 0.2) is 65.8 Å². The lowest BCUT2D eigenvalue weighted by molar-refractivity contribution is -0.120. The van der Waals surface area contributed by atoms with Gasteiger partial charge in [0.25, 0.3) is 0 Å². The molecule has 0 spiro atoms. The molecule has 0 aliphatic carbocycles. The van der Waals surface area contributed by atoms with Gasteiger partial charge in [0.05, 0.1) is 23.9 Å². The summed E-state index contributed by atoms with van der Waals surface area (Å²) in [5.74, 6) is 0.594. The van der Waals surface area contributed by atoms with Crippen molar-refractivity contribution in [2.24, 2.45) is 0 Å². The number of benzene rings is 3. The van der Waals surface area contributed by atoms with Crippen molar-refractivity contribution >= 4 is 39.7 Å². The summed E-state index contributed by atoms with van der Waals surface area (Å²) >= 11 is 1.26. The van der Waals surface area contributed by atoms with Gasteiger partial charge in [-0.05, 0) is 80.2 Å². The fourth-order valence-electron chi connectivity index (χ4n) is 5.84. The van der Waals surface area contributed by atoms with Crippen molar-refractivity contribution in [3.63, 3.8) is 0 Å². The molecule has 1 unspecified atom stereocenters. The van der Waals surface area contributed by atoms with Crippen LogP contribution in [0.2, 0.25) is 0 Å². The van der Waals surface area contributed by atoms with Crippen molar-refractivity contribution in [2.75, 3.05) is 13.2 Å². The first-order valence-corrected chi connectivity index (χ1v) is 18.3. The maximum atomic E-state index is 14.6. The van der Waals surface area contributed by atoms with Gasteiger partial charge in [-0.25, -0.2) is 9.37 Å². The highest BCUT2D eigenvalue weighted by Crippen LogP contribution is 2.38. The van der Waals surface area contributed by atoms with E-state index in [0.717, 1.165) is 47.9 Å². The Balaban J connectivity index is 1.18. The molecule has 0 aliphatic heterocycles.